The van der Waals surface area contributed by atoms with Crippen molar-refractivity contribution < 1.29 is 19.0 Å². The van der Waals surface area contributed by atoms with Crippen molar-refractivity contribution in [1.82, 2.24) is 0 Å². The first-order valence-electron chi connectivity index (χ1n) is 6.69. The molecule has 0 saturated heterocycles. The molecule has 0 spiro atoms. The number of carbonyl (C=O) groups excluding carboxylic acids is 1. The Kier molecular flexibility index (Phi) is 6.74. The van der Waals surface area contributed by atoms with E-state index in [1.165, 1.54) is 26.2 Å². The number of hydrogen-bond acceptors (Lipinski definition) is 5. The minimum absolute atomic E-state index is 0.0461. The van der Waals surface area contributed by atoms with Gasteiger partial charge in [-0.1, -0.05) is 11.6 Å². The summed E-state index contributed by atoms with van der Waals surface area (Å²) in [6, 6.07) is 5.16. The van der Waals surface area contributed by atoms with Gasteiger partial charge in [0.25, 0.3) is 0 Å². The molecule has 0 fully saturated rings. The maximum Gasteiger partial charge on any atom is 0.332 e. The first-order chi connectivity index (χ1) is 10.4. The summed E-state index contributed by atoms with van der Waals surface area (Å²) < 4.78 is 15.7. The summed E-state index contributed by atoms with van der Waals surface area (Å²) in [7, 11) is 1.51. The van der Waals surface area contributed by atoms with Crippen LogP contribution in [-0.4, -0.2) is 25.3 Å². The molecule has 0 radical (unpaired) electrons. The molecule has 22 heavy (non-hydrogen) atoms. The van der Waals surface area contributed by atoms with Crippen molar-refractivity contribution in [3.8, 4) is 17.6 Å². The van der Waals surface area contributed by atoms with E-state index in [0.717, 1.165) is 0 Å². The Hall–Kier alpha value is -2.19. The second kappa shape index (κ2) is 8.30. The van der Waals surface area contributed by atoms with Gasteiger partial charge in [0.15, 0.2) is 17.6 Å². The van der Waals surface area contributed by atoms with Crippen LogP contribution in [0, 0.1) is 11.3 Å². The predicted molar refractivity (Wildman–Crippen MR) is 84.0 cm³/mol. The van der Waals surface area contributed by atoms with Crippen molar-refractivity contribution in [3.05, 3.63) is 28.8 Å². The van der Waals surface area contributed by atoms with E-state index in [4.69, 9.17) is 31.1 Å². The Bertz CT molecular complexity index is 605. The second-order valence-corrected chi connectivity index (χ2v) is 5.15. The van der Waals surface area contributed by atoms with Gasteiger partial charge in [-0.3, -0.25) is 0 Å². The van der Waals surface area contributed by atoms with Crippen molar-refractivity contribution in [2.75, 3.05) is 7.11 Å². The van der Waals surface area contributed by atoms with Crippen molar-refractivity contribution in [1.29, 1.82) is 5.26 Å². The summed E-state index contributed by atoms with van der Waals surface area (Å²) >= 11 is 6.18. The lowest BCUT2D eigenvalue weighted by molar-refractivity contribution is -0.139. The molecule has 0 amide bonds. The van der Waals surface area contributed by atoms with Gasteiger partial charge in [-0.15, -0.1) is 0 Å². The van der Waals surface area contributed by atoms with Gasteiger partial charge in [-0.2, -0.15) is 5.26 Å². The highest BCUT2D eigenvalue weighted by Crippen LogP contribution is 2.37. The summed E-state index contributed by atoms with van der Waals surface area (Å²) in [5.74, 6) is 0.322. The molecule has 0 aliphatic heterocycles. The summed E-state index contributed by atoms with van der Waals surface area (Å²) in [6.45, 7) is 5.26. The van der Waals surface area contributed by atoms with Crippen LogP contribution in [0.25, 0.3) is 6.08 Å². The molecule has 1 aromatic rings. The van der Waals surface area contributed by atoms with E-state index in [1.807, 2.05) is 19.9 Å². The molecule has 0 N–H and O–H groups in total. The van der Waals surface area contributed by atoms with Gasteiger partial charge in [-0.25, -0.2) is 4.79 Å². The fourth-order valence-electron chi connectivity index (χ4n) is 1.59. The predicted octanol–water partition coefficient (Wildman–Crippen LogP) is 3.60. The monoisotopic (exact) mass is 323 g/mol. The Morgan fingerprint density at radius 3 is 2.59 bits per heavy atom. The highest BCUT2D eigenvalue weighted by Gasteiger charge is 2.13. The zero-order chi connectivity index (χ0) is 16.7. The molecule has 0 bridgehead atoms. The lowest BCUT2D eigenvalue weighted by Gasteiger charge is -2.15. The number of halogens is 1. The van der Waals surface area contributed by atoms with Crippen LogP contribution in [-0.2, 0) is 9.53 Å². The molecule has 0 aromatic heterocycles. The highest BCUT2D eigenvalue weighted by atomic mass is 35.5. The van der Waals surface area contributed by atoms with Gasteiger partial charge in [0, 0.05) is 6.08 Å². The standard InChI is InChI=1S/C16H18ClNO4/c1-10(2)21-16-13(17)7-12(8-14(16)20-4)5-6-15(19)22-11(3)9-18/h5-8,10-11H,1-4H3/b6-5+/t11-/m0/s1. The highest BCUT2D eigenvalue weighted by molar-refractivity contribution is 6.32. The number of nitrogens with zero attached hydrogens (tertiary/aromatic N) is 1. The Morgan fingerprint density at radius 1 is 1.36 bits per heavy atom. The molecule has 1 aromatic carbocycles. The number of nitriles is 1. The van der Waals surface area contributed by atoms with E-state index in [2.05, 4.69) is 0 Å². The van der Waals surface area contributed by atoms with Gasteiger partial charge in [-0.05, 0) is 44.5 Å². The minimum atomic E-state index is -0.794. The van der Waals surface area contributed by atoms with Crippen molar-refractivity contribution >= 4 is 23.6 Å². The van der Waals surface area contributed by atoms with Crippen LogP contribution < -0.4 is 9.47 Å². The summed E-state index contributed by atoms with van der Waals surface area (Å²) in [5, 5.41) is 8.96. The number of esters is 1. The van der Waals surface area contributed by atoms with Crippen molar-refractivity contribution in [2.24, 2.45) is 0 Å². The number of benzene rings is 1. The molecular weight excluding hydrogens is 306 g/mol. The van der Waals surface area contributed by atoms with E-state index in [1.54, 1.807) is 12.1 Å². The molecule has 5 nitrogen and oxygen atoms in total. The minimum Gasteiger partial charge on any atom is -0.493 e. The van der Waals surface area contributed by atoms with Crippen LogP contribution in [0.5, 0.6) is 11.5 Å². The van der Waals surface area contributed by atoms with E-state index < -0.39 is 12.1 Å². The topological polar surface area (TPSA) is 68.5 Å². The van der Waals surface area contributed by atoms with Gasteiger partial charge in [0.1, 0.15) is 6.07 Å². The lowest BCUT2D eigenvalue weighted by Crippen LogP contribution is -2.10. The number of methoxy groups -OCH3 is 1. The molecule has 0 aliphatic rings. The summed E-state index contributed by atoms with van der Waals surface area (Å²) in [6.07, 6.45) is 1.91. The smallest absolute Gasteiger partial charge is 0.332 e. The van der Waals surface area contributed by atoms with Crippen LogP contribution in [0.4, 0.5) is 0 Å². The van der Waals surface area contributed by atoms with E-state index >= 15 is 0 Å². The van der Waals surface area contributed by atoms with E-state index in [-0.39, 0.29) is 6.10 Å². The molecule has 0 unspecified atom stereocenters. The molecule has 0 aliphatic carbocycles. The van der Waals surface area contributed by atoms with Crippen LogP contribution >= 0.6 is 11.6 Å². The SMILES string of the molecule is COc1cc(/C=C/C(=O)O[C@@H](C)C#N)cc(Cl)c1OC(C)C. The molecule has 1 rings (SSSR count). The molecule has 6 heteroatoms. The molecular formula is C16H18ClNO4. The average Bonchev–Trinajstić information content (AvgIpc) is 2.46. The number of rotatable bonds is 6. The third-order valence-electron chi connectivity index (χ3n) is 2.49. The van der Waals surface area contributed by atoms with Crippen LogP contribution in [0.3, 0.4) is 0 Å². The van der Waals surface area contributed by atoms with Gasteiger partial charge in [0.05, 0.1) is 18.2 Å². The number of carbonyl (C=O) groups is 1. The first kappa shape index (κ1) is 17.9. The Balaban J connectivity index is 2.96. The third kappa shape index (κ3) is 5.30. The zero-order valence-electron chi connectivity index (χ0n) is 12.9. The largest absolute Gasteiger partial charge is 0.493 e. The Labute approximate surface area is 135 Å². The molecule has 118 valence electrons. The number of ether oxygens (including phenoxy) is 3. The third-order valence-corrected chi connectivity index (χ3v) is 2.77. The van der Waals surface area contributed by atoms with Crippen LogP contribution in [0.15, 0.2) is 18.2 Å². The van der Waals surface area contributed by atoms with Crippen LogP contribution in [0.1, 0.15) is 26.3 Å². The lowest BCUT2D eigenvalue weighted by atomic mass is 10.2. The van der Waals surface area contributed by atoms with E-state index in [9.17, 15) is 4.79 Å². The van der Waals surface area contributed by atoms with Gasteiger partial charge >= 0.3 is 5.97 Å². The second-order valence-electron chi connectivity index (χ2n) is 4.74. The van der Waals surface area contributed by atoms with E-state index in [0.29, 0.717) is 22.1 Å². The molecule has 1 atom stereocenters. The fourth-order valence-corrected chi connectivity index (χ4v) is 1.85. The summed E-state index contributed by atoms with van der Waals surface area (Å²) in [5.41, 5.74) is 0.652. The molecule has 0 heterocycles. The quantitative estimate of drug-likeness (QED) is 0.591. The average molecular weight is 324 g/mol. The summed E-state index contributed by atoms with van der Waals surface area (Å²) in [4.78, 5) is 11.5. The molecule has 0 saturated carbocycles. The number of hydrogen-bond donors (Lipinski definition) is 0. The normalized spacial score (nSPS) is 12.0. The van der Waals surface area contributed by atoms with Gasteiger partial charge < -0.3 is 14.2 Å². The zero-order valence-corrected chi connectivity index (χ0v) is 13.7. The van der Waals surface area contributed by atoms with Crippen molar-refractivity contribution in [2.45, 2.75) is 33.0 Å². The maximum atomic E-state index is 11.5. The van der Waals surface area contributed by atoms with Crippen LogP contribution in [0.2, 0.25) is 5.02 Å². The van der Waals surface area contributed by atoms with Gasteiger partial charge in [0.2, 0.25) is 0 Å². The first-order valence-corrected chi connectivity index (χ1v) is 7.07. The fraction of sp³-hybridized carbons (Fsp3) is 0.375. The Morgan fingerprint density at radius 2 is 2.05 bits per heavy atom. The maximum absolute atomic E-state index is 11.5. The van der Waals surface area contributed by atoms with Crippen molar-refractivity contribution in [3.63, 3.8) is 0 Å².